The van der Waals surface area contributed by atoms with Crippen molar-refractivity contribution in [1.82, 2.24) is 14.7 Å². The summed E-state index contributed by atoms with van der Waals surface area (Å²) in [5, 5.41) is 3.72. The molecular formula is C13H11F3N4O. The number of hydrogen-bond donors (Lipinski definition) is 1. The van der Waals surface area contributed by atoms with Crippen LogP contribution in [0.2, 0.25) is 0 Å². The van der Waals surface area contributed by atoms with Crippen LogP contribution >= 0.6 is 0 Å². The van der Waals surface area contributed by atoms with Crippen LogP contribution in [0.25, 0.3) is 11.0 Å². The van der Waals surface area contributed by atoms with Crippen molar-refractivity contribution in [2.75, 3.05) is 5.73 Å². The predicted octanol–water partition coefficient (Wildman–Crippen LogP) is 2.98. The fraction of sp³-hybridized carbons (Fsp3) is 0.231. The van der Waals surface area contributed by atoms with Crippen molar-refractivity contribution in [3.63, 3.8) is 0 Å². The molecule has 0 saturated heterocycles. The second-order valence-electron chi connectivity index (χ2n) is 4.70. The summed E-state index contributed by atoms with van der Waals surface area (Å²) in [5.41, 5.74) is 6.89. The van der Waals surface area contributed by atoms with Crippen LogP contribution in [-0.4, -0.2) is 14.7 Å². The van der Waals surface area contributed by atoms with Crippen LogP contribution < -0.4 is 5.73 Å². The summed E-state index contributed by atoms with van der Waals surface area (Å²) in [6.07, 6.45) is -4.56. The smallest absolute Gasteiger partial charge is 0.399 e. The number of aryl methyl sites for hydroxylation is 1. The minimum atomic E-state index is -4.56. The second-order valence-corrected chi connectivity index (χ2v) is 4.70. The van der Waals surface area contributed by atoms with Gasteiger partial charge in [-0.15, -0.1) is 0 Å². The van der Waals surface area contributed by atoms with Crippen LogP contribution in [0.5, 0.6) is 0 Å². The maximum Gasteiger partial charge on any atom is 0.449 e. The van der Waals surface area contributed by atoms with Gasteiger partial charge in [0, 0.05) is 11.8 Å². The van der Waals surface area contributed by atoms with E-state index in [0.29, 0.717) is 22.7 Å². The van der Waals surface area contributed by atoms with E-state index in [0.717, 1.165) is 4.57 Å². The van der Waals surface area contributed by atoms with Gasteiger partial charge in [0.15, 0.2) is 0 Å². The molecule has 0 radical (unpaired) electrons. The van der Waals surface area contributed by atoms with Crippen molar-refractivity contribution >= 4 is 16.7 Å². The Hall–Kier alpha value is -2.51. The average molecular weight is 296 g/mol. The molecule has 2 aromatic heterocycles. The van der Waals surface area contributed by atoms with Gasteiger partial charge in [0.25, 0.3) is 0 Å². The molecule has 3 rings (SSSR count). The van der Waals surface area contributed by atoms with E-state index in [-0.39, 0.29) is 12.1 Å². The van der Waals surface area contributed by atoms with Crippen LogP contribution in [0.15, 0.2) is 28.8 Å². The van der Waals surface area contributed by atoms with E-state index in [4.69, 9.17) is 10.3 Å². The molecule has 0 spiro atoms. The zero-order valence-electron chi connectivity index (χ0n) is 11.0. The molecule has 0 aliphatic rings. The van der Waals surface area contributed by atoms with Crippen LogP contribution in [-0.2, 0) is 12.7 Å². The number of anilines is 1. The Labute approximate surface area is 117 Å². The Kier molecular flexibility index (Phi) is 2.89. The first kappa shape index (κ1) is 13.5. The van der Waals surface area contributed by atoms with E-state index in [1.807, 2.05) is 0 Å². The van der Waals surface area contributed by atoms with Crippen LogP contribution in [0, 0.1) is 6.92 Å². The maximum absolute atomic E-state index is 13.1. The Bertz CT molecular complexity index is 803. The largest absolute Gasteiger partial charge is 0.449 e. The maximum atomic E-state index is 13.1. The van der Waals surface area contributed by atoms with Crippen molar-refractivity contribution in [3.05, 3.63) is 41.5 Å². The number of halogens is 3. The number of fused-ring (bicyclic) bond motifs is 1. The predicted molar refractivity (Wildman–Crippen MR) is 69.5 cm³/mol. The fourth-order valence-electron chi connectivity index (χ4n) is 2.18. The molecule has 0 aliphatic heterocycles. The highest BCUT2D eigenvalue weighted by molar-refractivity contribution is 5.79. The Morgan fingerprint density at radius 1 is 1.29 bits per heavy atom. The molecule has 0 aliphatic carbocycles. The minimum absolute atomic E-state index is 0.0768. The standard InChI is InChI=1S/C13H11F3N4O/c1-7-4-9(19-21-7)6-20-11-3-2-8(17)5-10(11)18-12(20)13(14,15)16/h2-5H,6,17H2,1H3. The lowest BCUT2D eigenvalue weighted by molar-refractivity contribution is -0.146. The van der Waals surface area contributed by atoms with Gasteiger partial charge in [-0.2, -0.15) is 13.2 Å². The van der Waals surface area contributed by atoms with Crippen LogP contribution in [0.3, 0.4) is 0 Å². The van der Waals surface area contributed by atoms with Gasteiger partial charge in [-0.05, 0) is 25.1 Å². The average Bonchev–Trinajstić information content (AvgIpc) is 2.93. The summed E-state index contributed by atoms with van der Waals surface area (Å²) in [6, 6.07) is 6.05. The normalized spacial score (nSPS) is 12.2. The number of hydrogen-bond acceptors (Lipinski definition) is 4. The minimum Gasteiger partial charge on any atom is -0.399 e. The summed E-state index contributed by atoms with van der Waals surface area (Å²) >= 11 is 0. The number of imidazole rings is 1. The molecule has 0 amide bonds. The SMILES string of the molecule is Cc1cc(Cn2c(C(F)(F)F)nc3cc(N)ccc32)no1. The van der Waals surface area contributed by atoms with E-state index in [2.05, 4.69) is 10.1 Å². The number of nitrogens with two attached hydrogens (primary N) is 1. The van der Waals surface area contributed by atoms with Crippen molar-refractivity contribution in [2.45, 2.75) is 19.6 Å². The Morgan fingerprint density at radius 3 is 2.67 bits per heavy atom. The summed E-state index contributed by atoms with van der Waals surface area (Å²) in [7, 11) is 0. The molecule has 2 heterocycles. The van der Waals surface area contributed by atoms with E-state index >= 15 is 0 Å². The molecule has 8 heteroatoms. The quantitative estimate of drug-likeness (QED) is 0.738. The number of nitrogens with zero attached hydrogens (tertiary/aromatic N) is 3. The lowest BCUT2D eigenvalue weighted by atomic mass is 10.2. The summed E-state index contributed by atoms with van der Waals surface area (Å²) in [5.74, 6) is -0.448. The topological polar surface area (TPSA) is 69.9 Å². The third-order valence-electron chi connectivity index (χ3n) is 3.02. The van der Waals surface area contributed by atoms with Gasteiger partial charge in [-0.3, -0.25) is 0 Å². The van der Waals surface area contributed by atoms with Gasteiger partial charge >= 0.3 is 6.18 Å². The van der Waals surface area contributed by atoms with Gasteiger partial charge in [0.1, 0.15) is 11.5 Å². The summed E-state index contributed by atoms with van der Waals surface area (Å²) in [4.78, 5) is 3.65. The fourth-order valence-corrected chi connectivity index (χ4v) is 2.18. The molecule has 0 unspecified atom stereocenters. The monoisotopic (exact) mass is 296 g/mol. The molecule has 1 aromatic carbocycles. The molecule has 2 N–H and O–H groups in total. The molecule has 0 bridgehead atoms. The lowest BCUT2D eigenvalue weighted by Crippen LogP contribution is -2.15. The van der Waals surface area contributed by atoms with Crippen molar-refractivity contribution in [3.8, 4) is 0 Å². The van der Waals surface area contributed by atoms with Crippen LogP contribution in [0.1, 0.15) is 17.3 Å². The molecule has 21 heavy (non-hydrogen) atoms. The Morgan fingerprint density at radius 2 is 2.05 bits per heavy atom. The van der Waals surface area contributed by atoms with Crippen molar-refractivity contribution in [2.24, 2.45) is 0 Å². The van der Waals surface area contributed by atoms with E-state index < -0.39 is 12.0 Å². The Balaban J connectivity index is 2.17. The molecular weight excluding hydrogens is 285 g/mol. The first-order valence-corrected chi connectivity index (χ1v) is 6.10. The summed E-state index contributed by atoms with van der Waals surface area (Å²) < 4.78 is 45.4. The van der Waals surface area contributed by atoms with Crippen LogP contribution in [0.4, 0.5) is 18.9 Å². The number of alkyl halides is 3. The third kappa shape index (κ3) is 2.44. The van der Waals surface area contributed by atoms with Gasteiger partial charge in [0.2, 0.25) is 5.82 Å². The molecule has 5 nitrogen and oxygen atoms in total. The molecule has 110 valence electrons. The number of rotatable bonds is 2. The van der Waals surface area contributed by atoms with Crippen molar-refractivity contribution in [1.29, 1.82) is 0 Å². The third-order valence-corrected chi connectivity index (χ3v) is 3.02. The number of aromatic nitrogens is 3. The molecule has 0 saturated carbocycles. The highest BCUT2D eigenvalue weighted by Crippen LogP contribution is 2.32. The van der Waals surface area contributed by atoms with E-state index in [9.17, 15) is 13.2 Å². The molecule has 0 atom stereocenters. The van der Waals surface area contributed by atoms with E-state index in [1.165, 1.54) is 18.2 Å². The van der Waals surface area contributed by atoms with Gasteiger partial charge in [-0.1, -0.05) is 5.16 Å². The zero-order valence-corrected chi connectivity index (χ0v) is 11.0. The highest BCUT2D eigenvalue weighted by Gasteiger charge is 2.37. The van der Waals surface area contributed by atoms with Gasteiger partial charge < -0.3 is 14.8 Å². The van der Waals surface area contributed by atoms with Gasteiger partial charge in [0.05, 0.1) is 17.6 Å². The van der Waals surface area contributed by atoms with Crippen molar-refractivity contribution < 1.29 is 17.7 Å². The number of benzene rings is 1. The summed E-state index contributed by atoms with van der Waals surface area (Å²) in [6.45, 7) is 1.60. The first-order chi connectivity index (χ1) is 9.84. The lowest BCUT2D eigenvalue weighted by Gasteiger charge is -2.09. The molecule has 0 fully saturated rings. The second kappa shape index (κ2) is 4.51. The zero-order chi connectivity index (χ0) is 15.2. The molecule has 3 aromatic rings. The number of nitrogen functional groups attached to an aromatic ring is 1. The first-order valence-electron chi connectivity index (χ1n) is 6.10. The highest BCUT2D eigenvalue weighted by atomic mass is 19.4. The van der Waals surface area contributed by atoms with E-state index in [1.54, 1.807) is 13.0 Å². The van der Waals surface area contributed by atoms with Gasteiger partial charge in [-0.25, -0.2) is 4.98 Å².